The minimum atomic E-state index is -3.93. The molecular weight excluding hydrogens is 989 g/mol. The largest absolute Gasteiger partial charge is 0.477 e. The summed E-state index contributed by atoms with van der Waals surface area (Å²) in [6.45, 7) is 15.3. The van der Waals surface area contributed by atoms with E-state index in [2.05, 4.69) is 20.1 Å². The number of carboxylic acid groups (broad SMARTS) is 1. The number of hydrogen-bond donors (Lipinski definition) is 5. The summed E-state index contributed by atoms with van der Waals surface area (Å²) < 4.78 is 54.3. The second-order valence-electron chi connectivity index (χ2n) is 16.6. The molecule has 0 aliphatic carbocycles. The van der Waals surface area contributed by atoms with Crippen LogP contribution in [0.25, 0.3) is 0 Å². The first-order chi connectivity index (χ1) is 33.8. The molecule has 2 aliphatic heterocycles. The van der Waals surface area contributed by atoms with Crippen LogP contribution in [0.5, 0.6) is 0 Å². The Bertz CT molecular complexity index is 2970. The monoisotopic (exact) mass is 1050 g/mol. The van der Waals surface area contributed by atoms with Crippen molar-refractivity contribution < 1.29 is 41.1 Å². The third-order valence-electron chi connectivity index (χ3n) is 10.7. The van der Waals surface area contributed by atoms with Gasteiger partial charge in [-0.15, -0.1) is 22.7 Å². The summed E-state index contributed by atoms with van der Waals surface area (Å²) in [5.41, 5.74) is 10.8. The summed E-state index contributed by atoms with van der Waals surface area (Å²) >= 11 is 3.28. The Labute approximate surface area is 423 Å². The summed E-state index contributed by atoms with van der Waals surface area (Å²) in [5, 5.41) is 18.2. The molecule has 0 unspecified atom stereocenters. The van der Waals surface area contributed by atoms with E-state index in [4.69, 9.17) is 10.7 Å². The van der Waals surface area contributed by atoms with Crippen LogP contribution in [0.2, 0.25) is 0 Å². The van der Waals surface area contributed by atoms with E-state index in [-0.39, 0.29) is 15.7 Å². The summed E-state index contributed by atoms with van der Waals surface area (Å²) in [5.74, 6) is -2.50. The van der Waals surface area contributed by atoms with Crippen molar-refractivity contribution in [1.29, 1.82) is 0 Å². The first-order valence-electron chi connectivity index (χ1n) is 23.1. The van der Waals surface area contributed by atoms with Crippen LogP contribution in [0.15, 0.2) is 93.6 Å². The van der Waals surface area contributed by atoms with Gasteiger partial charge in [0.15, 0.2) is 10.3 Å². The maximum absolute atomic E-state index is 13.0. The Morgan fingerprint density at radius 3 is 1.44 bits per heavy atom. The Morgan fingerprint density at radius 2 is 1.03 bits per heavy atom. The van der Waals surface area contributed by atoms with Crippen LogP contribution in [-0.2, 0) is 42.7 Å². The lowest BCUT2D eigenvalue weighted by atomic mass is 10.1. The Hall–Kier alpha value is -6.56. The van der Waals surface area contributed by atoms with E-state index in [1.807, 2.05) is 70.9 Å². The van der Waals surface area contributed by atoms with Gasteiger partial charge >= 0.3 is 5.97 Å². The second kappa shape index (κ2) is 25.5. The number of nitrogen functional groups attached to an aromatic ring is 1. The van der Waals surface area contributed by atoms with Gasteiger partial charge in [0.25, 0.3) is 26.0 Å². The molecule has 6 N–H and O–H groups in total. The maximum Gasteiger partial charge on any atom is 0.352 e. The molecule has 0 bridgehead atoms. The zero-order valence-electron chi connectivity index (χ0n) is 40.7. The van der Waals surface area contributed by atoms with Gasteiger partial charge in [0.2, 0.25) is 11.8 Å². The number of sulfonamides is 2. The first-order valence-corrected chi connectivity index (χ1v) is 27.8. The minimum Gasteiger partial charge on any atom is -0.477 e. The molecule has 8 rings (SSSR count). The van der Waals surface area contributed by atoms with Crippen LogP contribution in [0.1, 0.15) is 110 Å². The van der Waals surface area contributed by atoms with E-state index < -0.39 is 37.8 Å². The van der Waals surface area contributed by atoms with E-state index in [0.29, 0.717) is 35.9 Å². The normalized spacial score (nSPS) is 13.5. The average Bonchev–Trinajstić information content (AvgIpc) is 4.16. The fraction of sp³-hybridized carbons (Fsp3) is 0.375. The van der Waals surface area contributed by atoms with Gasteiger partial charge in [-0.25, -0.2) is 41.0 Å². The number of aryl methyl sites for hydroxylation is 2. The second-order valence-corrected chi connectivity index (χ2v) is 21.6. The van der Waals surface area contributed by atoms with Crippen molar-refractivity contribution in [1.82, 2.24) is 28.5 Å². The number of amides is 3. The van der Waals surface area contributed by atoms with Gasteiger partial charge < -0.3 is 35.1 Å². The quantitative estimate of drug-likeness (QED) is 0.0703. The molecule has 19 nitrogen and oxygen atoms in total. The van der Waals surface area contributed by atoms with Crippen LogP contribution in [0.4, 0.5) is 21.6 Å². The predicted molar refractivity (Wildman–Crippen MR) is 278 cm³/mol. The van der Waals surface area contributed by atoms with Crippen molar-refractivity contribution in [3.8, 4) is 0 Å². The number of piperidine rings is 2. The number of rotatable bonds is 13. The Balaban J connectivity index is 0.000000215. The van der Waals surface area contributed by atoms with E-state index in [9.17, 15) is 41.1 Å². The molecule has 2 saturated heterocycles. The molecule has 6 aromatic rings. The molecule has 4 aromatic heterocycles. The molecule has 382 valence electrons. The van der Waals surface area contributed by atoms with Gasteiger partial charge in [-0.2, -0.15) is 0 Å². The summed E-state index contributed by atoms with van der Waals surface area (Å²) in [6.07, 6.45) is 11.2. The topological polar surface area (TPSA) is 261 Å². The molecule has 2 fully saturated rings. The zero-order chi connectivity index (χ0) is 51.9. The third kappa shape index (κ3) is 16.2. The molecule has 71 heavy (non-hydrogen) atoms. The molecule has 23 heteroatoms. The number of nitrogens with one attached hydrogen (secondary N) is 3. The molecule has 0 spiro atoms. The number of anilines is 4. The Kier molecular flexibility index (Phi) is 19.9. The van der Waals surface area contributed by atoms with Crippen LogP contribution in [-0.4, -0.2) is 90.9 Å². The number of nitrogens with zero attached hydrogens (tertiary/aromatic N) is 6. The molecule has 0 atom stereocenters. The van der Waals surface area contributed by atoms with Crippen molar-refractivity contribution in [2.45, 2.75) is 103 Å². The van der Waals surface area contributed by atoms with Gasteiger partial charge in [-0.3, -0.25) is 14.4 Å². The predicted octanol–water partition coefficient (Wildman–Crippen LogP) is 7.48. The number of carbonyl (C=O) groups excluding carboxylic acids is 3. The molecule has 0 saturated carbocycles. The number of thiazole rings is 2. The first kappa shape index (κ1) is 55.4. The number of benzene rings is 2. The van der Waals surface area contributed by atoms with Crippen LogP contribution in [0, 0.1) is 13.8 Å². The fourth-order valence-electron chi connectivity index (χ4n) is 7.55. The molecule has 3 amide bonds. The number of carboxylic acids is 1. The number of nitrogens with two attached hydrogens (primary N) is 1. The van der Waals surface area contributed by atoms with Crippen molar-refractivity contribution >= 4 is 88.0 Å². The molecule has 0 radical (unpaired) electrons. The summed E-state index contributed by atoms with van der Waals surface area (Å²) in [4.78, 5) is 59.9. The van der Waals surface area contributed by atoms with Gasteiger partial charge in [0.1, 0.15) is 11.4 Å². The van der Waals surface area contributed by atoms with E-state index in [1.54, 1.807) is 33.3 Å². The lowest BCUT2D eigenvalue weighted by Gasteiger charge is -2.25. The number of aromatic nitrogens is 4. The van der Waals surface area contributed by atoms with Gasteiger partial charge in [-0.1, -0.05) is 13.8 Å². The highest BCUT2D eigenvalue weighted by Crippen LogP contribution is 2.27. The highest BCUT2D eigenvalue weighted by molar-refractivity contribution is 7.90. The zero-order valence-corrected chi connectivity index (χ0v) is 43.9. The van der Waals surface area contributed by atoms with Crippen molar-refractivity contribution in [2.24, 2.45) is 0 Å². The Morgan fingerprint density at radius 1 is 0.634 bits per heavy atom. The fourth-order valence-corrected chi connectivity index (χ4v) is 11.3. The number of carbonyl (C=O) groups is 4. The van der Waals surface area contributed by atoms with E-state index >= 15 is 0 Å². The highest BCUT2D eigenvalue weighted by atomic mass is 32.2. The van der Waals surface area contributed by atoms with Gasteiger partial charge in [0, 0.05) is 74.6 Å². The number of aromatic carboxylic acids is 1. The summed E-state index contributed by atoms with van der Waals surface area (Å²) in [6, 6.07) is 14.7. The molecular formula is C48H62N10O9S4. The van der Waals surface area contributed by atoms with Crippen LogP contribution >= 0.6 is 22.7 Å². The van der Waals surface area contributed by atoms with Crippen LogP contribution < -0.4 is 30.3 Å². The summed E-state index contributed by atoms with van der Waals surface area (Å²) in [7, 11) is -7.66. The van der Waals surface area contributed by atoms with Crippen molar-refractivity contribution in [2.75, 3.05) is 47.0 Å². The molecule has 2 aromatic carbocycles. The standard InChI is InChI=1S/C23H27N5O4S2.C15H19N3O2S.C8H10N2O3S.C2H6/c1-16-12-21(22(30)24-18-6-8-20(9-7-18)34(31,32)26-17(2)29)28(13-16)14-19-15-33-23(25-19)27-10-4-3-5-11-27;1-11-7-13(14(19)20)18(8-11)9-12-10-21-15(16-12)17-5-3-2-4-6-17;1-6(11)10-14(12,13)8-4-2-7(9)3-5-8;1-2/h6-9,12-13,15H,3-5,10-11,14H2,1-2H3,(H,24,30)(H,26,29);7-8,10H,2-6,9H2,1H3,(H,19,20);2-5H,9H2,1H3,(H,10,11);1-2H3. The molecule has 2 aliphatic rings. The average molecular weight is 1050 g/mol. The van der Waals surface area contributed by atoms with Gasteiger partial charge in [0.05, 0.1) is 34.3 Å². The number of hydrogen-bond acceptors (Lipinski definition) is 15. The van der Waals surface area contributed by atoms with E-state index in [1.165, 1.54) is 87.1 Å². The maximum atomic E-state index is 13.0. The smallest absolute Gasteiger partial charge is 0.352 e. The SMILES string of the molecule is CC.CC(=O)NS(=O)(=O)c1ccc(N)cc1.CC(=O)NS(=O)(=O)c1ccc(NC(=O)c2cc(C)cn2Cc2csc(N3CCCCC3)n2)cc1.Cc1cc(C(=O)O)n(Cc2csc(N3CCCCC3)n2)c1. The lowest BCUT2D eigenvalue weighted by Crippen LogP contribution is -2.29. The van der Waals surface area contributed by atoms with Crippen molar-refractivity contribution in [3.05, 3.63) is 118 Å². The van der Waals surface area contributed by atoms with Crippen LogP contribution in [0.3, 0.4) is 0 Å². The lowest BCUT2D eigenvalue weighted by molar-refractivity contribution is -0.118. The van der Waals surface area contributed by atoms with Crippen molar-refractivity contribution in [3.63, 3.8) is 0 Å². The highest BCUT2D eigenvalue weighted by Gasteiger charge is 2.20. The molecule has 6 heterocycles. The minimum absolute atomic E-state index is 0.0156. The van der Waals surface area contributed by atoms with E-state index in [0.717, 1.165) is 72.8 Å². The van der Waals surface area contributed by atoms with Gasteiger partial charge in [-0.05, 0) is 124 Å². The third-order valence-corrected chi connectivity index (χ3v) is 15.5.